The van der Waals surface area contributed by atoms with E-state index in [0.717, 1.165) is 48.6 Å². The van der Waals surface area contributed by atoms with Gasteiger partial charge in [-0.25, -0.2) is 0 Å². The van der Waals surface area contributed by atoms with Crippen LogP contribution in [0.1, 0.15) is 37.7 Å². The Labute approximate surface area is 200 Å². The summed E-state index contributed by atoms with van der Waals surface area (Å²) in [6.45, 7) is 2.34. The van der Waals surface area contributed by atoms with Crippen molar-refractivity contribution in [2.75, 3.05) is 27.2 Å². The standard InChI is InChI=1S/C18H28NO2.C6H5NO5S/c1-19(2,15-16-9-5-3-6-10-16)13-14-21-18(20)17-11-7-4-8-12-17;8-7(9)5-2-1-3-6(4-5)13(10,11)12/h3,5-6,9-10,17H,4,7-8,11-15H2,1-2H3;1-4H,(H,10,11,12)/q+1;. The number of hydrogen-bond acceptors (Lipinski definition) is 6. The first-order valence-corrected chi connectivity index (χ1v) is 12.7. The van der Waals surface area contributed by atoms with Crippen molar-refractivity contribution in [2.24, 2.45) is 5.92 Å². The summed E-state index contributed by atoms with van der Waals surface area (Å²) >= 11 is 0. The highest BCUT2D eigenvalue weighted by Gasteiger charge is 2.23. The summed E-state index contributed by atoms with van der Waals surface area (Å²) in [5.74, 6) is 0.179. The number of ether oxygens (including phenoxy) is 1. The van der Waals surface area contributed by atoms with Crippen molar-refractivity contribution < 1.29 is 31.9 Å². The van der Waals surface area contributed by atoms with Crippen LogP contribution in [0.5, 0.6) is 0 Å². The Morgan fingerprint density at radius 3 is 2.32 bits per heavy atom. The normalized spacial score (nSPS) is 14.6. The maximum Gasteiger partial charge on any atom is 0.309 e. The summed E-state index contributed by atoms with van der Waals surface area (Å²) in [4.78, 5) is 21.0. The van der Waals surface area contributed by atoms with Crippen molar-refractivity contribution in [1.82, 2.24) is 0 Å². The molecule has 2 aromatic rings. The monoisotopic (exact) mass is 493 g/mol. The summed E-state index contributed by atoms with van der Waals surface area (Å²) < 4.78 is 36.0. The number of nitro benzene ring substituents is 1. The third-order valence-corrected chi connectivity index (χ3v) is 6.51. The van der Waals surface area contributed by atoms with Gasteiger partial charge < -0.3 is 9.22 Å². The van der Waals surface area contributed by atoms with Crippen LogP contribution in [-0.2, 0) is 26.2 Å². The Balaban J connectivity index is 0.000000270. The Hall–Kier alpha value is -2.82. The van der Waals surface area contributed by atoms with E-state index in [4.69, 9.17) is 9.29 Å². The van der Waals surface area contributed by atoms with Gasteiger partial charge in [-0.15, -0.1) is 0 Å². The number of carbonyl (C=O) groups excluding carboxylic acids is 1. The molecule has 0 amide bonds. The first kappa shape index (κ1) is 27.4. The lowest BCUT2D eigenvalue weighted by molar-refractivity contribution is -0.903. The summed E-state index contributed by atoms with van der Waals surface area (Å²) in [6, 6.07) is 14.6. The second-order valence-corrected chi connectivity index (χ2v) is 10.5. The lowest BCUT2D eigenvalue weighted by atomic mass is 9.89. The Bertz CT molecular complexity index is 1050. The van der Waals surface area contributed by atoms with Crippen LogP contribution < -0.4 is 0 Å². The fourth-order valence-electron chi connectivity index (χ4n) is 3.76. The highest BCUT2D eigenvalue weighted by atomic mass is 32.2. The van der Waals surface area contributed by atoms with Crippen LogP contribution in [0.15, 0.2) is 59.5 Å². The number of rotatable bonds is 8. The second-order valence-electron chi connectivity index (χ2n) is 9.04. The van der Waals surface area contributed by atoms with Gasteiger partial charge in [0.25, 0.3) is 15.8 Å². The zero-order valence-corrected chi connectivity index (χ0v) is 20.4. The minimum Gasteiger partial charge on any atom is -0.459 e. The molecule has 0 aliphatic heterocycles. The summed E-state index contributed by atoms with van der Waals surface area (Å²) in [7, 11) is 0.000691. The van der Waals surface area contributed by atoms with Crippen LogP contribution in [0, 0.1) is 16.0 Å². The summed E-state index contributed by atoms with van der Waals surface area (Å²) in [5, 5.41) is 10.2. The minimum absolute atomic E-state index is 0.0226. The van der Waals surface area contributed by atoms with E-state index in [2.05, 4.69) is 38.4 Å². The molecule has 1 saturated carbocycles. The summed E-state index contributed by atoms with van der Waals surface area (Å²) in [6.07, 6.45) is 5.65. The van der Waals surface area contributed by atoms with Crippen LogP contribution >= 0.6 is 0 Å². The second kappa shape index (κ2) is 12.6. The largest absolute Gasteiger partial charge is 0.459 e. The van der Waals surface area contributed by atoms with E-state index < -0.39 is 19.9 Å². The van der Waals surface area contributed by atoms with Gasteiger partial charge in [0, 0.05) is 17.7 Å². The van der Waals surface area contributed by atoms with Gasteiger partial charge in [-0.2, -0.15) is 8.42 Å². The van der Waals surface area contributed by atoms with Crippen LogP contribution in [0.2, 0.25) is 0 Å². The predicted molar refractivity (Wildman–Crippen MR) is 128 cm³/mol. The number of carbonyl (C=O) groups is 1. The lowest BCUT2D eigenvalue weighted by Crippen LogP contribution is -2.42. The average Bonchev–Trinajstić information content (AvgIpc) is 2.80. The van der Waals surface area contributed by atoms with E-state index in [-0.39, 0.29) is 17.6 Å². The third-order valence-electron chi connectivity index (χ3n) is 5.66. The Kier molecular flexibility index (Phi) is 10.2. The number of non-ortho nitro benzene ring substituents is 1. The number of nitrogens with zero attached hydrogens (tertiary/aromatic N) is 2. The molecule has 0 aromatic heterocycles. The minimum atomic E-state index is -4.36. The van der Waals surface area contributed by atoms with E-state index >= 15 is 0 Å². The molecule has 186 valence electrons. The van der Waals surface area contributed by atoms with Crippen molar-refractivity contribution in [3.05, 3.63) is 70.3 Å². The molecule has 0 bridgehead atoms. The van der Waals surface area contributed by atoms with E-state index in [1.54, 1.807) is 0 Å². The Morgan fingerprint density at radius 1 is 1.09 bits per heavy atom. The predicted octanol–water partition coefficient (Wildman–Crippen LogP) is 4.23. The fourth-order valence-corrected chi connectivity index (χ4v) is 4.28. The highest BCUT2D eigenvalue weighted by molar-refractivity contribution is 7.85. The SMILES string of the molecule is C[N+](C)(CCOC(=O)C1CCCCC1)Cc1ccccc1.O=[N+]([O-])c1cccc(S(=O)(=O)O)c1. The molecule has 0 spiro atoms. The highest BCUT2D eigenvalue weighted by Crippen LogP contribution is 2.24. The maximum absolute atomic E-state index is 12.0. The molecule has 1 aliphatic rings. The van der Waals surface area contributed by atoms with Crippen LogP contribution in [0.4, 0.5) is 5.69 Å². The fraction of sp³-hybridized carbons (Fsp3) is 0.458. The average molecular weight is 494 g/mol. The molecule has 1 aliphatic carbocycles. The van der Waals surface area contributed by atoms with E-state index in [1.165, 1.54) is 30.9 Å². The van der Waals surface area contributed by atoms with E-state index in [0.29, 0.717) is 6.61 Å². The molecule has 3 rings (SSSR count). The molecule has 0 heterocycles. The van der Waals surface area contributed by atoms with Crippen molar-refractivity contribution in [3.63, 3.8) is 0 Å². The molecular weight excluding hydrogens is 460 g/mol. The van der Waals surface area contributed by atoms with Gasteiger partial charge in [-0.1, -0.05) is 55.7 Å². The van der Waals surface area contributed by atoms with Gasteiger partial charge in [0.05, 0.1) is 24.9 Å². The van der Waals surface area contributed by atoms with Gasteiger partial charge in [0.2, 0.25) is 0 Å². The van der Waals surface area contributed by atoms with Gasteiger partial charge in [0.1, 0.15) is 24.6 Å². The molecule has 0 atom stereocenters. The molecule has 34 heavy (non-hydrogen) atoms. The van der Waals surface area contributed by atoms with Crippen LogP contribution in [0.25, 0.3) is 0 Å². The quantitative estimate of drug-likeness (QED) is 0.192. The van der Waals surface area contributed by atoms with Crippen molar-refractivity contribution >= 4 is 21.8 Å². The van der Waals surface area contributed by atoms with Crippen LogP contribution in [0.3, 0.4) is 0 Å². The van der Waals surface area contributed by atoms with Gasteiger partial charge >= 0.3 is 5.97 Å². The molecule has 0 saturated heterocycles. The molecule has 1 fully saturated rings. The first-order valence-electron chi connectivity index (χ1n) is 11.2. The van der Waals surface area contributed by atoms with Crippen LogP contribution in [-0.4, -0.2) is 55.6 Å². The molecule has 0 unspecified atom stereocenters. The van der Waals surface area contributed by atoms with Gasteiger partial charge in [-0.3, -0.25) is 19.5 Å². The smallest absolute Gasteiger partial charge is 0.309 e. The van der Waals surface area contributed by atoms with E-state index in [9.17, 15) is 23.3 Å². The number of benzene rings is 2. The number of hydrogen-bond donors (Lipinski definition) is 1. The molecule has 10 heteroatoms. The molecular formula is C24H33N2O7S+. The molecule has 1 N–H and O–H groups in total. The number of likely N-dealkylation sites (N-methyl/N-ethyl adjacent to an activating group) is 1. The number of esters is 1. The van der Waals surface area contributed by atoms with E-state index in [1.807, 2.05) is 6.07 Å². The Morgan fingerprint density at radius 2 is 1.74 bits per heavy atom. The van der Waals surface area contributed by atoms with Crippen molar-refractivity contribution in [1.29, 1.82) is 0 Å². The van der Waals surface area contributed by atoms with Crippen molar-refractivity contribution in [2.45, 2.75) is 43.5 Å². The number of quaternary nitrogens is 1. The first-order chi connectivity index (χ1) is 16.0. The van der Waals surface area contributed by atoms with Gasteiger partial charge in [-0.05, 0) is 18.9 Å². The zero-order chi connectivity index (χ0) is 25.2. The van der Waals surface area contributed by atoms with Gasteiger partial charge in [0.15, 0.2) is 0 Å². The number of nitro groups is 1. The van der Waals surface area contributed by atoms with Crippen molar-refractivity contribution in [3.8, 4) is 0 Å². The molecule has 9 nitrogen and oxygen atoms in total. The topological polar surface area (TPSA) is 124 Å². The zero-order valence-electron chi connectivity index (χ0n) is 19.6. The maximum atomic E-state index is 12.0. The molecule has 2 aromatic carbocycles. The lowest BCUT2D eigenvalue weighted by Gasteiger charge is -2.30. The summed E-state index contributed by atoms with van der Waals surface area (Å²) in [5.41, 5.74) is 0.941. The molecule has 0 radical (unpaired) electrons. The third kappa shape index (κ3) is 9.58.